The molecule has 1 N–H and O–H groups in total. The number of carbonyl (C=O) groups is 1. The Hall–Kier alpha value is -2.82. The van der Waals surface area contributed by atoms with Crippen LogP contribution < -0.4 is 9.80 Å². The minimum Gasteiger partial charge on any atom is -0.372 e. The summed E-state index contributed by atoms with van der Waals surface area (Å²) in [7, 11) is 0. The average Bonchev–Trinajstić information content (AvgIpc) is 3.29. The van der Waals surface area contributed by atoms with E-state index in [1.54, 1.807) is 6.33 Å². The number of rotatable bonds is 5. The van der Waals surface area contributed by atoms with Gasteiger partial charge in [-0.3, -0.25) is 4.79 Å². The number of nitrogens with one attached hydrogen (secondary N) is 1. The predicted molar refractivity (Wildman–Crippen MR) is 106 cm³/mol. The first kappa shape index (κ1) is 16.6. The molecule has 1 aliphatic rings. The Bertz CT molecular complexity index is 911. The maximum atomic E-state index is 12.6. The van der Waals surface area contributed by atoms with Crippen molar-refractivity contribution in [3.05, 3.63) is 54.4 Å². The van der Waals surface area contributed by atoms with Crippen molar-refractivity contribution in [3.8, 4) is 0 Å². The fourth-order valence-corrected chi connectivity index (χ4v) is 3.89. The second kappa shape index (κ2) is 6.83. The predicted octanol–water partition coefficient (Wildman–Crippen LogP) is 4.28. The number of benzene rings is 2. The zero-order valence-electron chi connectivity index (χ0n) is 15.3. The van der Waals surface area contributed by atoms with Crippen molar-refractivity contribution in [2.24, 2.45) is 0 Å². The molecule has 0 saturated carbocycles. The highest BCUT2D eigenvalue weighted by Gasteiger charge is 2.33. The summed E-state index contributed by atoms with van der Waals surface area (Å²) in [5, 5.41) is 0. The van der Waals surface area contributed by atoms with Crippen molar-refractivity contribution < 1.29 is 4.79 Å². The van der Waals surface area contributed by atoms with Crippen LogP contribution in [0.5, 0.6) is 0 Å². The van der Waals surface area contributed by atoms with E-state index in [1.807, 2.05) is 23.1 Å². The molecule has 1 unspecified atom stereocenters. The molecule has 1 saturated heterocycles. The van der Waals surface area contributed by atoms with Crippen LogP contribution in [0.2, 0.25) is 0 Å². The molecule has 0 spiro atoms. The maximum absolute atomic E-state index is 12.6. The van der Waals surface area contributed by atoms with Gasteiger partial charge in [-0.1, -0.05) is 12.1 Å². The highest BCUT2D eigenvalue weighted by Crippen LogP contribution is 2.38. The first-order chi connectivity index (χ1) is 12.7. The molecule has 4 rings (SSSR count). The normalized spacial score (nSPS) is 17.2. The molecule has 26 heavy (non-hydrogen) atoms. The number of hydrogen-bond acceptors (Lipinski definition) is 3. The van der Waals surface area contributed by atoms with Gasteiger partial charge in [0.15, 0.2) is 0 Å². The monoisotopic (exact) mass is 348 g/mol. The largest absolute Gasteiger partial charge is 0.372 e. The molecule has 1 aliphatic heterocycles. The highest BCUT2D eigenvalue weighted by molar-refractivity contribution is 5.98. The van der Waals surface area contributed by atoms with Crippen molar-refractivity contribution in [3.63, 3.8) is 0 Å². The summed E-state index contributed by atoms with van der Waals surface area (Å²) in [5.41, 5.74) is 5.23. The van der Waals surface area contributed by atoms with Crippen LogP contribution in [0.25, 0.3) is 11.0 Å². The van der Waals surface area contributed by atoms with Gasteiger partial charge in [0.25, 0.3) is 0 Å². The van der Waals surface area contributed by atoms with Gasteiger partial charge >= 0.3 is 0 Å². The fourth-order valence-electron chi connectivity index (χ4n) is 3.89. The topological polar surface area (TPSA) is 52.2 Å². The summed E-state index contributed by atoms with van der Waals surface area (Å²) in [5.74, 6) is 0.182. The third kappa shape index (κ3) is 2.83. The summed E-state index contributed by atoms with van der Waals surface area (Å²) in [6.45, 7) is 6.32. The quantitative estimate of drug-likeness (QED) is 0.749. The van der Waals surface area contributed by atoms with Crippen molar-refractivity contribution in [2.75, 3.05) is 22.9 Å². The van der Waals surface area contributed by atoms with E-state index >= 15 is 0 Å². The summed E-state index contributed by atoms with van der Waals surface area (Å²) >= 11 is 0. The summed E-state index contributed by atoms with van der Waals surface area (Å²) in [6.07, 6.45) is 3.12. The van der Waals surface area contributed by atoms with Crippen LogP contribution in [0.15, 0.2) is 48.8 Å². The Morgan fingerprint density at radius 2 is 1.92 bits per heavy atom. The average molecular weight is 348 g/mol. The number of amides is 1. The highest BCUT2D eigenvalue weighted by atomic mass is 16.2. The lowest BCUT2D eigenvalue weighted by Crippen LogP contribution is -2.27. The summed E-state index contributed by atoms with van der Waals surface area (Å²) in [4.78, 5) is 24.2. The SMILES string of the molecule is CCN(CC)c1ccc(C2CCC(=O)N2c2ccc3nc[nH]c3c2)cc1. The standard InChI is InChI=1S/C21H24N4O/c1-3-24(4-2)16-7-5-15(6-8-16)20-11-12-21(26)25(20)17-9-10-18-19(13-17)23-14-22-18/h5-10,13-14,20H,3-4,11-12H2,1-2H3,(H,22,23). The molecule has 0 radical (unpaired) electrons. The Morgan fingerprint density at radius 1 is 1.15 bits per heavy atom. The van der Waals surface area contributed by atoms with Gasteiger partial charge in [-0.15, -0.1) is 0 Å². The fraction of sp³-hybridized carbons (Fsp3) is 0.333. The number of aromatic amines is 1. The van der Waals surface area contributed by atoms with Crippen LogP contribution in [0.4, 0.5) is 11.4 Å². The minimum atomic E-state index is 0.0913. The van der Waals surface area contributed by atoms with Gasteiger partial charge < -0.3 is 14.8 Å². The van der Waals surface area contributed by atoms with Crippen LogP contribution in [0.1, 0.15) is 38.3 Å². The molecule has 5 nitrogen and oxygen atoms in total. The van der Waals surface area contributed by atoms with E-state index in [0.29, 0.717) is 6.42 Å². The van der Waals surface area contributed by atoms with Crippen LogP contribution in [0.3, 0.4) is 0 Å². The van der Waals surface area contributed by atoms with Crippen molar-refractivity contribution in [1.82, 2.24) is 9.97 Å². The molecular formula is C21H24N4O. The van der Waals surface area contributed by atoms with Gasteiger partial charge in [0.1, 0.15) is 0 Å². The molecule has 5 heteroatoms. The smallest absolute Gasteiger partial charge is 0.227 e. The molecule has 1 atom stereocenters. The minimum absolute atomic E-state index is 0.0913. The van der Waals surface area contributed by atoms with Gasteiger partial charge in [0, 0.05) is 30.9 Å². The first-order valence-corrected chi connectivity index (χ1v) is 9.31. The molecule has 134 valence electrons. The number of nitrogens with zero attached hydrogens (tertiary/aromatic N) is 3. The van der Waals surface area contributed by atoms with Crippen LogP contribution in [-0.2, 0) is 4.79 Å². The van der Waals surface area contributed by atoms with Crippen molar-refractivity contribution in [2.45, 2.75) is 32.7 Å². The van der Waals surface area contributed by atoms with Gasteiger partial charge in [0.2, 0.25) is 5.91 Å². The number of fused-ring (bicyclic) bond motifs is 1. The summed E-state index contributed by atoms with van der Waals surface area (Å²) in [6, 6.07) is 14.7. The first-order valence-electron chi connectivity index (χ1n) is 9.31. The molecule has 0 bridgehead atoms. The van der Waals surface area contributed by atoms with Crippen LogP contribution in [0, 0.1) is 0 Å². The third-order valence-electron chi connectivity index (χ3n) is 5.30. The molecule has 1 aromatic heterocycles. The van der Waals surface area contributed by atoms with Gasteiger partial charge in [0.05, 0.1) is 23.4 Å². The molecular weight excluding hydrogens is 324 g/mol. The lowest BCUT2D eigenvalue weighted by molar-refractivity contribution is -0.117. The number of H-pyrrole nitrogens is 1. The Morgan fingerprint density at radius 3 is 2.65 bits per heavy atom. The van der Waals surface area contributed by atoms with E-state index in [0.717, 1.165) is 36.2 Å². The Balaban J connectivity index is 1.65. The number of imidazole rings is 1. The number of hydrogen-bond donors (Lipinski definition) is 1. The van der Waals surface area contributed by atoms with E-state index in [-0.39, 0.29) is 11.9 Å². The van der Waals surface area contributed by atoms with Gasteiger partial charge in [-0.2, -0.15) is 0 Å². The van der Waals surface area contributed by atoms with E-state index in [9.17, 15) is 4.79 Å². The zero-order chi connectivity index (χ0) is 18.1. The van der Waals surface area contributed by atoms with E-state index in [4.69, 9.17) is 0 Å². The van der Waals surface area contributed by atoms with Crippen LogP contribution >= 0.6 is 0 Å². The number of anilines is 2. The zero-order valence-corrected chi connectivity index (χ0v) is 15.3. The second-order valence-corrected chi connectivity index (χ2v) is 6.69. The molecule has 2 heterocycles. The molecule has 3 aromatic rings. The number of carbonyl (C=O) groups excluding carboxylic acids is 1. The van der Waals surface area contributed by atoms with Crippen LogP contribution in [-0.4, -0.2) is 29.0 Å². The maximum Gasteiger partial charge on any atom is 0.227 e. The van der Waals surface area contributed by atoms with Crippen molar-refractivity contribution >= 4 is 28.3 Å². The van der Waals surface area contributed by atoms with Gasteiger partial charge in [-0.05, 0) is 56.2 Å². The molecule has 1 amide bonds. The molecule has 0 aliphatic carbocycles. The third-order valence-corrected chi connectivity index (χ3v) is 5.30. The Labute approximate surface area is 153 Å². The van der Waals surface area contributed by atoms with E-state index in [2.05, 4.69) is 53.0 Å². The lowest BCUT2D eigenvalue weighted by atomic mass is 10.0. The second-order valence-electron chi connectivity index (χ2n) is 6.69. The number of aromatic nitrogens is 2. The van der Waals surface area contributed by atoms with Crippen molar-refractivity contribution in [1.29, 1.82) is 0 Å². The van der Waals surface area contributed by atoms with E-state index in [1.165, 1.54) is 11.3 Å². The molecule has 1 fully saturated rings. The Kier molecular flexibility index (Phi) is 4.37. The van der Waals surface area contributed by atoms with Gasteiger partial charge in [-0.25, -0.2) is 4.98 Å². The van der Waals surface area contributed by atoms with E-state index < -0.39 is 0 Å². The lowest BCUT2D eigenvalue weighted by Gasteiger charge is -2.26. The molecule has 2 aromatic carbocycles. The summed E-state index contributed by atoms with van der Waals surface area (Å²) < 4.78 is 0.